The zero-order valence-electron chi connectivity index (χ0n) is 18.6. The number of piperidine rings is 1. The Labute approximate surface area is 206 Å². The van der Waals surface area contributed by atoms with Gasteiger partial charge < -0.3 is 5.32 Å². The fourth-order valence-electron chi connectivity index (χ4n) is 4.90. The quantitative estimate of drug-likeness (QED) is 0.227. The van der Waals surface area contributed by atoms with Crippen LogP contribution in [0.15, 0.2) is 77.6 Å². The fraction of sp³-hybridized carbons (Fsp3) is 0.214. The lowest BCUT2D eigenvalue weighted by Crippen LogP contribution is -2.38. The maximum Gasteiger partial charge on any atom is 0.196 e. The van der Waals surface area contributed by atoms with Gasteiger partial charge in [0, 0.05) is 46.2 Å². The molecule has 1 aliphatic rings. The number of anilines is 1. The van der Waals surface area contributed by atoms with Crippen LogP contribution in [0.3, 0.4) is 0 Å². The summed E-state index contributed by atoms with van der Waals surface area (Å²) in [4.78, 5) is 21.1. The number of nitrogens with zero attached hydrogens (tertiary/aromatic N) is 2. The molecule has 1 fully saturated rings. The van der Waals surface area contributed by atoms with E-state index in [0.717, 1.165) is 64.0 Å². The van der Waals surface area contributed by atoms with Gasteiger partial charge in [-0.2, -0.15) is 0 Å². The van der Waals surface area contributed by atoms with Gasteiger partial charge in [-0.1, -0.05) is 60.1 Å². The van der Waals surface area contributed by atoms with Gasteiger partial charge >= 0.3 is 0 Å². The number of halogens is 1. The molecule has 0 saturated carbocycles. The van der Waals surface area contributed by atoms with Crippen LogP contribution in [0.5, 0.6) is 0 Å². The lowest BCUT2D eigenvalue weighted by Gasteiger charge is -2.32. The topological polar surface area (TPSA) is 45.2 Å². The van der Waals surface area contributed by atoms with Crippen LogP contribution in [0, 0.1) is 0 Å². The van der Waals surface area contributed by atoms with Crippen LogP contribution in [0.4, 0.5) is 5.82 Å². The standard InChI is InChI=1S/C28H24ClN3OS/c29-19-10-11-24-22(16-19)26(33)25-21-8-4-5-9-23(21)31-28(27(25)34-24)30-20-12-14-32(15-13-20)17-18-6-2-1-3-7-18/h1-11,16,20H,12-15,17H2,(H,30,31). The van der Waals surface area contributed by atoms with Crippen molar-refractivity contribution < 1.29 is 0 Å². The summed E-state index contributed by atoms with van der Waals surface area (Å²) in [5.74, 6) is 0.814. The van der Waals surface area contributed by atoms with Crippen LogP contribution in [0.25, 0.3) is 31.1 Å². The molecule has 34 heavy (non-hydrogen) atoms. The summed E-state index contributed by atoms with van der Waals surface area (Å²) < 4.78 is 1.85. The Bertz CT molecular complexity index is 1560. The molecule has 5 aromatic rings. The predicted molar refractivity (Wildman–Crippen MR) is 144 cm³/mol. The second kappa shape index (κ2) is 8.99. The monoisotopic (exact) mass is 485 g/mol. The largest absolute Gasteiger partial charge is 0.366 e. The lowest BCUT2D eigenvalue weighted by molar-refractivity contribution is 0.211. The predicted octanol–water partition coefficient (Wildman–Crippen LogP) is 6.69. The van der Waals surface area contributed by atoms with Gasteiger partial charge in [0.25, 0.3) is 0 Å². The molecule has 0 unspecified atom stereocenters. The third kappa shape index (κ3) is 4.05. The molecular formula is C28H24ClN3OS. The van der Waals surface area contributed by atoms with Crippen molar-refractivity contribution in [1.29, 1.82) is 0 Å². The Hall–Kier alpha value is -2.99. The average molecular weight is 486 g/mol. The summed E-state index contributed by atoms with van der Waals surface area (Å²) in [5.41, 5.74) is 2.21. The molecule has 3 aromatic carbocycles. The lowest BCUT2D eigenvalue weighted by atomic mass is 10.0. The maximum absolute atomic E-state index is 13.6. The summed E-state index contributed by atoms with van der Waals surface area (Å²) in [5, 5.41) is 6.58. The molecule has 6 heteroatoms. The normalized spacial score (nSPS) is 15.3. The van der Waals surface area contributed by atoms with Crippen molar-refractivity contribution >= 4 is 59.8 Å². The second-order valence-corrected chi connectivity index (χ2v) is 10.4. The van der Waals surface area contributed by atoms with Crippen molar-refractivity contribution in [2.24, 2.45) is 0 Å². The van der Waals surface area contributed by atoms with E-state index in [0.29, 0.717) is 16.5 Å². The highest BCUT2D eigenvalue weighted by molar-refractivity contribution is 7.25. The molecule has 1 saturated heterocycles. The first kappa shape index (κ1) is 21.5. The van der Waals surface area contributed by atoms with Crippen molar-refractivity contribution in [3.05, 3.63) is 93.6 Å². The van der Waals surface area contributed by atoms with E-state index in [2.05, 4.69) is 40.5 Å². The van der Waals surface area contributed by atoms with Crippen molar-refractivity contribution in [3.8, 4) is 0 Å². The first-order valence-corrected chi connectivity index (χ1v) is 12.8. The number of benzene rings is 3. The number of fused-ring (bicyclic) bond motifs is 4. The first-order valence-electron chi connectivity index (χ1n) is 11.6. The van der Waals surface area contributed by atoms with Gasteiger partial charge in [0.1, 0.15) is 5.82 Å². The summed E-state index contributed by atoms with van der Waals surface area (Å²) in [6.07, 6.45) is 2.09. The van der Waals surface area contributed by atoms with Gasteiger partial charge in [-0.15, -0.1) is 11.3 Å². The highest BCUT2D eigenvalue weighted by Crippen LogP contribution is 2.35. The number of para-hydroxylation sites is 1. The highest BCUT2D eigenvalue weighted by Gasteiger charge is 2.22. The number of nitrogens with one attached hydrogen (secondary N) is 1. The molecule has 0 amide bonds. The Balaban J connectivity index is 1.35. The molecule has 0 radical (unpaired) electrons. The number of likely N-dealkylation sites (tertiary alicyclic amines) is 1. The molecule has 3 heterocycles. The van der Waals surface area contributed by atoms with E-state index in [1.54, 1.807) is 17.4 Å². The Morgan fingerprint density at radius 3 is 2.56 bits per heavy atom. The molecule has 0 bridgehead atoms. The Morgan fingerprint density at radius 1 is 0.971 bits per heavy atom. The van der Waals surface area contributed by atoms with E-state index in [9.17, 15) is 4.79 Å². The molecule has 0 aliphatic carbocycles. The van der Waals surface area contributed by atoms with Gasteiger partial charge in [0.05, 0.1) is 15.6 Å². The van der Waals surface area contributed by atoms with Crippen molar-refractivity contribution in [2.45, 2.75) is 25.4 Å². The van der Waals surface area contributed by atoms with Crippen LogP contribution in [-0.4, -0.2) is 29.0 Å². The maximum atomic E-state index is 13.6. The number of pyridine rings is 1. The van der Waals surface area contributed by atoms with Gasteiger partial charge in [0.2, 0.25) is 0 Å². The number of hydrogen-bond donors (Lipinski definition) is 1. The van der Waals surface area contributed by atoms with Crippen LogP contribution in [0.2, 0.25) is 5.02 Å². The molecular weight excluding hydrogens is 462 g/mol. The minimum atomic E-state index is 0.0191. The minimum absolute atomic E-state index is 0.0191. The molecule has 170 valence electrons. The molecule has 4 nitrogen and oxygen atoms in total. The zero-order valence-corrected chi connectivity index (χ0v) is 20.2. The van der Waals surface area contributed by atoms with Gasteiger partial charge in [-0.3, -0.25) is 9.69 Å². The molecule has 6 rings (SSSR count). The highest BCUT2D eigenvalue weighted by atomic mass is 35.5. The third-order valence-corrected chi connectivity index (χ3v) is 8.06. The van der Waals surface area contributed by atoms with Gasteiger partial charge in [0.15, 0.2) is 5.43 Å². The van der Waals surface area contributed by atoms with Crippen LogP contribution in [0.1, 0.15) is 18.4 Å². The van der Waals surface area contributed by atoms with E-state index in [1.165, 1.54) is 5.56 Å². The average Bonchev–Trinajstić information content (AvgIpc) is 2.86. The Morgan fingerprint density at radius 2 is 1.74 bits per heavy atom. The van der Waals surface area contributed by atoms with E-state index in [-0.39, 0.29) is 5.43 Å². The number of rotatable bonds is 4. The summed E-state index contributed by atoms with van der Waals surface area (Å²) >= 11 is 7.83. The van der Waals surface area contributed by atoms with E-state index in [4.69, 9.17) is 16.6 Å². The summed E-state index contributed by atoms with van der Waals surface area (Å²) in [6, 6.07) is 24.4. The SMILES string of the molecule is O=c1c2cc(Cl)ccc2sc2c(NC3CCN(Cc4ccccc4)CC3)nc3ccccc3c12. The van der Waals surface area contributed by atoms with Crippen molar-refractivity contribution in [1.82, 2.24) is 9.88 Å². The Kier molecular flexibility index (Phi) is 5.69. The first-order chi connectivity index (χ1) is 16.7. The molecule has 1 aliphatic heterocycles. The van der Waals surface area contributed by atoms with Gasteiger partial charge in [-0.05, 0) is 42.7 Å². The summed E-state index contributed by atoms with van der Waals surface area (Å²) in [7, 11) is 0. The van der Waals surface area contributed by atoms with Crippen molar-refractivity contribution in [2.75, 3.05) is 18.4 Å². The van der Waals surface area contributed by atoms with Crippen LogP contribution in [-0.2, 0) is 6.54 Å². The van der Waals surface area contributed by atoms with E-state index >= 15 is 0 Å². The second-order valence-electron chi connectivity index (χ2n) is 8.93. The number of aromatic nitrogens is 1. The number of hydrogen-bond acceptors (Lipinski definition) is 5. The summed E-state index contributed by atoms with van der Waals surface area (Å²) in [6.45, 7) is 3.06. The molecule has 2 aromatic heterocycles. The van der Waals surface area contributed by atoms with Crippen LogP contribution >= 0.6 is 22.9 Å². The molecule has 0 spiro atoms. The van der Waals surface area contributed by atoms with Crippen LogP contribution < -0.4 is 10.7 Å². The smallest absolute Gasteiger partial charge is 0.196 e. The fourth-order valence-corrected chi connectivity index (χ4v) is 6.20. The van der Waals surface area contributed by atoms with Crippen molar-refractivity contribution in [3.63, 3.8) is 0 Å². The zero-order chi connectivity index (χ0) is 23.1. The molecule has 0 atom stereocenters. The molecule has 1 N–H and O–H groups in total. The third-order valence-electron chi connectivity index (χ3n) is 6.65. The van der Waals surface area contributed by atoms with Gasteiger partial charge in [-0.25, -0.2) is 4.98 Å². The minimum Gasteiger partial charge on any atom is -0.366 e. The van der Waals surface area contributed by atoms with E-state index in [1.807, 2.05) is 36.4 Å². The van der Waals surface area contributed by atoms with E-state index < -0.39 is 0 Å².